The summed E-state index contributed by atoms with van der Waals surface area (Å²) in [6.45, 7) is 1.68. The molecule has 23 heavy (non-hydrogen) atoms. The number of nitrogens with zero attached hydrogens (tertiary/aromatic N) is 1. The highest BCUT2D eigenvalue weighted by Gasteiger charge is 2.41. The molecule has 0 spiro atoms. The van der Waals surface area contributed by atoms with E-state index in [1.807, 2.05) is 6.92 Å². The number of carbonyl (C=O) groups is 2. The summed E-state index contributed by atoms with van der Waals surface area (Å²) < 4.78 is 37.1. The van der Waals surface area contributed by atoms with Crippen LogP contribution >= 0.6 is 0 Å². The molecule has 5 nitrogen and oxygen atoms in total. The van der Waals surface area contributed by atoms with E-state index in [2.05, 4.69) is 5.32 Å². The predicted molar refractivity (Wildman–Crippen MR) is 80.5 cm³/mol. The molecule has 1 rings (SSSR count). The van der Waals surface area contributed by atoms with Gasteiger partial charge in [-0.1, -0.05) is 25.5 Å². The molecule has 1 aromatic rings. The molecule has 0 aliphatic rings. The number of nitrogens with two attached hydrogens (primary N) is 1. The third-order valence-corrected chi connectivity index (χ3v) is 3.14. The minimum atomic E-state index is -4.91. The molecule has 0 fully saturated rings. The van der Waals surface area contributed by atoms with Crippen LogP contribution in [0.2, 0.25) is 0 Å². The molecule has 0 heterocycles. The van der Waals surface area contributed by atoms with Crippen molar-refractivity contribution in [3.63, 3.8) is 0 Å². The SMILES string of the molecule is CCCC(N)C(=O)Nc1cccc(CN(C)C(=O)C(F)(F)F)c1. The molecule has 0 aliphatic carbocycles. The number of alkyl halides is 3. The number of nitrogens with one attached hydrogen (secondary N) is 1. The second kappa shape index (κ2) is 7.96. The normalized spacial score (nSPS) is 12.6. The van der Waals surface area contributed by atoms with E-state index >= 15 is 0 Å². The van der Waals surface area contributed by atoms with E-state index in [1.165, 1.54) is 6.07 Å². The number of halogens is 3. The summed E-state index contributed by atoms with van der Waals surface area (Å²) in [6, 6.07) is 5.63. The van der Waals surface area contributed by atoms with Crippen molar-refractivity contribution in [1.29, 1.82) is 0 Å². The predicted octanol–water partition coefficient (Wildman–Crippen LogP) is 2.27. The van der Waals surface area contributed by atoms with Gasteiger partial charge >= 0.3 is 12.1 Å². The van der Waals surface area contributed by atoms with Gasteiger partial charge in [-0.15, -0.1) is 0 Å². The van der Waals surface area contributed by atoms with Gasteiger partial charge in [0.2, 0.25) is 5.91 Å². The summed E-state index contributed by atoms with van der Waals surface area (Å²) in [5.41, 5.74) is 6.58. The summed E-state index contributed by atoms with van der Waals surface area (Å²) in [6.07, 6.45) is -3.61. The Morgan fingerprint density at radius 3 is 2.57 bits per heavy atom. The van der Waals surface area contributed by atoms with Crippen LogP contribution in [0.4, 0.5) is 18.9 Å². The summed E-state index contributed by atoms with van der Waals surface area (Å²) >= 11 is 0. The first-order valence-electron chi connectivity index (χ1n) is 7.12. The smallest absolute Gasteiger partial charge is 0.334 e. The van der Waals surface area contributed by atoms with Gasteiger partial charge in [-0.3, -0.25) is 9.59 Å². The topological polar surface area (TPSA) is 75.4 Å². The van der Waals surface area contributed by atoms with Gasteiger partial charge in [0.05, 0.1) is 6.04 Å². The molecule has 0 saturated carbocycles. The van der Waals surface area contributed by atoms with Gasteiger partial charge in [0.15, 0.2) is 0 Å². The fraction of sp³-hybridized carbons (Fsp3) is 0.467. The lowest BCUT2D eigenvalue weighted by Gasteiger charge is -2.19. The molecule has 2 amide bonds. The van der Waals surface area contributed by atoms with Gasteiger partial charge < -0.3 is 16.0 Å². The summed E-state index contributed by atoms with van der Waals surface area (Å²) in [4.78, 5) is 23.5. The van der Waals surface area contributed by atoms with Crippen LogP contribution in [0, 0.1) is 0 Å². The lowest BCUT2D eigenvalue weighted by Crippen LogP contribution is -2.38. The fourth-order valence-corrected chi connectivity index (χ4v) is 1.99. The van der Waals surface area contributed by atoms with Crippen LogP contribution in [-0.4, -0.2) is 36.0 Å². The Balaban J connectivity index is 2.74. The first kappa shape index (κ1) is 19.0. The lowest BCUT2D eigenvalue weighted by atomic mass is 10.1. The van der Waals surface area contributed by atoms with Gasteiger partial charge in [0.25, 0.3) is 0 Å². The monoisotopic (exact) mass is 331 g/mol. The highest BCUT2D eigenvalue weighted by molar-refractivity contribution is 5.94. The molecule has 0 saturated heterocycles. The van der Waals surface area contributed by atoms with Crippen molar-refractivity contribution >= 4 is 17.5 Å². The van der Waals surface area contributed by atoms with Crippen molar-refractivity contribution < 1.29 is 22.8 Å². The van der Waals surface area contributed by atoms with E-state index in [1.54, 1.807) is 18.2 Å². The van der Waals surface area contributed by atoms with Crippen LogP contribution in [0.5, 0.6) is 0 Å². The Kier molecular flexibility index (Phi) is 6.56. The van der Waals surface area contributed by atoms with Crippen molar-refractivity contribution in [3.05, 3.63) is 29.8 Å². The summed E-state index contributed by atoms with van der Waals surface area (Å²) in [7, 11) is 1.07. The highest BCUT2D eigenvalue weighted by Crippen LogP contribution is 2.20. The van der Waals surface area contributed by atoms with Gasteiger partial charge in [0, 0.05) is 19.3 Å². The number of carbonyl (C=O) groups excluding carboxylic acids is 2. The minimum Gasteiger partial charge on any atom is -0.334 e. The van der Waals surface area contributed by atoms with Gasteiger partial charge in [-0.2, -0.15) is 13.2 Å². The van der Waals surface area contributed by atoms with Crippen molar-refractivity contribution in [2.75, 3.05) is 12.4 Å². The number of anilines is 1. The molecular formula is C15H20F3N3O2. The molecule has 0 aliphatic heterocycles. The Labute approximate surface area is 132 Å². The van der Waals surface area contributed by atoms with Crippen molar-refractivity contribution in [1.82, 2.24) is 4.90 Å². The Morgan fingerprint density at radius 1 is 1.35 bits per heavy atom. The minimum absolute atomic E-state index is 0.219. The van der Waals surface area contributed by atoms with Crippen molar-refractivity contribution in [2.24, 2.45) is 5.73 Å². The maximum Gasteiger partial charge on any atom is 0.471 e. The Bertz CT molecular complexity index is 561. The molecule has 1 unspecified atom stereocenters. The number of hydrogen-bond acceptors (Lipinski definition) is 3. The first-order chi connectivity index (χ1) is 10.6. The summed E-state index contributed by atoms with van der Waals surface area (Å²) in [5, 5.41) is 2.61. The fourth-order valence-electron chi connectivity index (χ4n) is 1.99. The average molecular weight is 331 g/mol. The average Bonchev–Trinajstić information content (AvgIpc) is 2.46. The molecule has 8 heteroatoms. The molecule has 3 N–H and O–H groups in total. The molecule has 0 aromatic heterocycles. The number of hydrogen-bond donors (Lipinski definition) is 2. The molecule has 1 atom stereocenters. The first-order valence-corrected chi connectivity index (χ1v) is 7.12. The van der Waals surface area contributed by atoms with E-state index in [-0.39, 0.29) is 12.5 Å². The lowest BCUT2D eigenvalue weighted by molar-refractivity contribution is -0.184. The van der Waals surface area contributed by atoms with Gasteiger partial charge in [0.1, 0.15) is 0 Å². The van der Waals surface area contributed by atoms with Crippen LogP contribution < -0.4 is 11.1 Å². The second-order valence-corrected chi connectivity index (χ2v) is 5.24. The quantitative estimate of drug-likeness (QED) is 0.840. The van der Waals surface area contributed by atoms with E-state index in [9.17, 15) is 22.8 Å². The standard InChI is InChI=1S/C15H20F3N3O2/c1-3-5-12(19)13(22)20-11-7-4-6-10(8-11)9-21(2)14(23)15(16,17)18/h4,6-8,12H,3,5,9,19H2,1-2H3,(H,20,22). The number of rotatable bonds is 6. The van der Waals surface area contributed by atoms with E-state index in [0.717, 1.165) is 13.5 Å². The number of benzene rings is 1. The Hall–Kier alpha value is -2.09. The zero-order valence-electron chi connectivity index (χ0n) is 13.0. The second-order valence-electron chi connectivity index (χ2n) is 5.24. The Morgan fingerprint density at radius 2 is 2.00 bits per heavy atom. The maximum atomic E-state index is 12.4. The highest BCUT2D eigenvalue weighted by atomic mass is 19.4. The van der Waals surface area contributed by atoms with Crippen LogP contribution in [-0.2, 0) is 16.1 Å². The van der Waals surface area contributed by atoms with Crippen LogP contribution in [0.25, 0.3) is 0 Å². The number of amides is 2. The zero-order valence-corrected chi connectivity index (χ0v) is 13.0. The largest absolute Gasteiger partial charge is 0.471 e. The third kappa shape index (κ3) is 5.90. The van der Waals surface area contributed by atoms with E-state index in [4.69, 9.17) is 5.73 Å². The van der Waals surface area contributed by atoms with Crippen molar-refractivity contribution in [2.45, 2.75) is 38.5 Å². The molecular weight excluding hydrogens is 311 g/mol. The summed E-state index contributed by atoms with van der Waals surface area (Å²) in [5.74, 6) is -2.28. The van der Waals surface area contributed by atoms with E-state index < -0.39 is 18.1 Å². The molecule has 0 radical (unpaired) electrons. The third-order valence-electron chi connectivity index (χ3n) is 3.14. The van der Waals surface area contributed by atoms with Gasteiger partial charge in [-0.25, -0.2) is 0 Å². The van der Waals surface area contributed by atoms with Crippen LogP contribution in [0.15, 0.2) is 24.3 Å². The zero-order chi connectivity index (χ0) is 17.6. The van der Waals surface area contributed by atoms with E-state index in [0.29, 0.717) is 22.6 Å². The maximum absolute atomic E-state index is 12.4. The molecule has 0 bridgehead atoms. The van der Waals surface area contributed by atoms with Gasteiger partial charge in [-0.05, 0) is 24.1 Å². The molecule has 128 valence electrons. The molecule has 1 aromatic carbocycles. The van der Waals surface area contributed by atoms with Crippen LogP contribution in [0.1, 0.15) is 25.3 Å². The van der Waals surface area contributed by atoms with Crippen molar-refractivity contribution in [3.8, 4) is 0 Å². The van der Waals surface area contributed by atoms with Crippen LogP contribution in [0.3, 0.4) is 0 Å².